The highest BCUT2D eigenvalue weighted by Crippen LogP contribution is 2.31. The fraction of sp³-hybridized carbons (Fsp3) is 0.571. The molecule has 3 nitrogen and oxygen atoms in total. The monoisotopic (exact) mass is 268 g/mol. The van der Waals surface area contributed by atoms with Gasteiger partial charge in [0, 0.05) is 17.3 Å². The van der Waals surface area contributed by atoms with Crippen LogP contribution in [0.4, 0.5) is 5.69 Å². The van der Waals surface area contributed by atoms with Gasteiger partial charge in [0.25, 0.3) is 0 Å². The van der Waals surface area contributed by atoms with E-state index in [1.54, 1.807) is 0 Å². The highest BCUT2D eigenvalue weighted by molar-refractivity contribution is 6.30. The van der Waals surface area contributed by atoms with Gasteiger partial charge in [-0.3, -0.25) is 0 Å². The molecule has 1 aromatic carbocycles. The molecule has 0 bridgehead atoms. The van der Waals surface area contributed by atoms with Crippen LogP contribution < -0.4 is 10.6 Å². The van der Waals surface area contributed by atoms with Crippen LogP contribution in [0.2, 0.25) is 5.02 Å². The van der Waals surface area contributed by atoms with Crippen molar-refractivity contribution in [2.24, 2.45) is 5.92 Å². The highest BCUT2D eigenvalue weighted by atomic mass is 35.5. The topological polar surface area (TPSA) is 44.3 Å². The maximum atomic E-state index is 9.85. The van der Waals surface area contributed by atoms with E-state index in [4.69, 9.17) is 11.6 Å². The van der Waals surface area contributed by atoms with Crippen LogP contribution >= 0.6 is 11.6 Å². The maximum Gasteiger partial charge on any atom is 0.0665 e. The van der Waals surface area contributed by atoms with Crippen molar-refractivity contribution in [1.82, 2.24) is 5.32 Å². The van der Waals surface area contributed by atoms with E-state index in [9.17, 15) is 5.11 Å². The van der Waals surface area contributed by atoms with Crippen molar-refractivity contribution in [1.29, 1.82) is 0 Å². The Labute approximate surface area is 114 Å². The van der Waals surface area contributed by atoms with Crippen molar-refractivity contribution in [2.45, 2.75) is 25.3 Å². The van der Waals surface area contributed by atoms with Gasteiger partial charge in [-0.1, -0.05) is 24.6 Å². The van der Waals surface area contributed by atoms with Crippen molar-refractivity contribution >= 4 is 17.3 Å². The fourth-order valence-corrected chi connectivity index (χ4v) is 2.98. The number of aliphatic hydroxyl groups is 1. The minimum atomic E-state index is -0.231. The van der Waals surface area contributed by atoms with E-state index in [-0.39, 0.29) is 12.1 Å². The average Bonchev–Trinajstić information content (AvgIpc) is 2.39. The number of aliphatic hydroxyl groups excluding tert-OH is 1. The summed E-state index contributed by atoms with van der Waals surface area (Å²) in [6, 6.07) is 7.70. The predicted octanol–water partition coefficient (Wildman–Crippen LogP) is 2.50. The standard InChI is InChI=1S/C14H21ClN2O/c1-2-11-9-16-7-6-14(11,10-18)17-13-5-3-4-12(15)8-13/h3-5,8,11,16-18H,2,6-7,9-10H2,1H3. The Hall–Kier alpha value is -0.770. The van der Waals surface area contributed by atoms with Crippen LogP contribution in [0.1, 0.15) is 19.8 Å². The Balaban J connectivity index is 2.21. The summed E-state index contributed by atoms with van der Waals surface area (Å²) >= 11 is 6.01. The summed E-state index contributed by atoms with van der Waals surface area (Å²) in [5.74, 6) is 0.426. The van der Waals surface area contributed by atoms with E-state index in [1.165, 1.54) is 0 Å². The molecule has 18 heavy (non-hydrogen) atoms. The summed E-state index contributed by atoms with van der Waals surface area (Å²) in [5.41, 5.74) is 0.752. The molecule has 2 unspecified atom stereocenters. The lowest BCUT2D eigenvalue weighted by molar-refractivity contribution is 0.124. The molecule has 2 atom stereocenters. The van der Waals surface area contributed by atoms with Crippen LogP contribution in [0.5, 0.6) is 0 Å². The normalized spacial score (nSPS) is 28.1. The third-order valence-corrected chi connectivity index (χ3v) is 4.15. The Morgan fingerprint density at radius 2 is 2.39 bits per heavy atom. The first kappa shape index (κ1) is 13.7. The van der Waals surface area contributed by atoms with E-state index in [2.05, 4.69) is 17.6 Å². The number of rotatable bonds is 4. The van der Waals surface area contributed by atoms with Gasteiger partial charge in [0.05, 0.1) is 12.1 Å². The number of hydrogen-bond acceptors (Lipinski definition) is 3. The van der Waals surface area contributed by atoms with E-state index >= 15 is 0 Å². The number of piperidine rings is 1. The molecule has 4 heteroatoms. The molecule has 0 aliphatic carbocycles. The number of benzene rings is 1. The van der Waals surface area contributed by atoms with Crippen molar-refractivity contribution in [3.63, 3.8) is 0 Å². The molecular weight excluding hydrogens is 248 g/mol. The Morgan fingerprint density at radius 1 is 1.56 bits per heavy atom. The summed E-state index contributed by atoms with van der Waals surface area (Å²) in [4.78, 5) is 0. The smallest absolute Gasteiger partial charge is 0.0665 e. The zero-order valence-electron chi connectivity index (χ0n) is 10.7. The van der Waals surface area contributed by atoms with Crippen LogP contribution in [0.3, 0.4) is 0 Å². The third kappa shape index (κ3) is 2.79. The van der Waals surface area contributed by atoms with Crippen LogP contribution in [-0.2, 0) is 0 Å². The predicted molar refractivity (Wildman–Crippen MR) is 76.2 cm³/mol. The second-order valence-corrected chi connectivity index (χ2v) is 5.45. The van der Waals surface area contributed by atoms with Gasteiger partial charge in [-0.2, -0.15) is 0 Å². The third-order valence-electron chi connectivity index (χ3n) is 3.91. The lowest BCUT2D eigenvalue weighted by Gasteiger charge is -2.44. The number of halogens is 1. The van der Waals surface area contributed by atoms with Crippen LogP contribution in [0, 0.1) is 5.92 Å². The highest BCUT2D eigenvalue weighted by Gasteiger charge is 2.39. The minimum Gasteiger partial charge on any atom is -0.394 e. The molecule has 1 saturated heterocycles. The van der Waals surface area contributed by atoms with E-state index < -0.39 is 0 Å². The first-order valence-corrected chi connectivity index (χ1v) is 6.93. The molecule has 0 amide bonds. The summed E-state index contributed by atoms with van der Waals surface area (Å²) < 4.78 is 0. The molecule has 2 rings (SSSR count). The van der Waals surface area contributed by atoms with E-state index in [0.717, 1.165) is 36.6 Å². The summed E-state index contributed by atoms with van der Waals surface area (Å²) in [6.45, 7) is 4.21. The number of nitrogens with one attached hydrogen (secondary N) is 2. The molecule has 0 aromatic heterocycles. The Morgan fingerprint density at radius 3 is 3.06 bits per heavy atom. The average molecular weight is 269 g/mol. The lowest BCUT2D eigenvalue weighted by atomic mass is 9.77. The van der Waals surface area contributed by atoms with Crippen molar-refractivity contribution in [2.75, 3.05) is 25.0 Å². The second-order valence-electron chi connectivity index (χ2n) is 5.01. The van der Waals surface area contributed by atoms with Gasteiger partial charge in [-0.15, -0.1) is 0 Å². The van der Waals surface area contributed by atoms with Gasteiger partial charge in [-0.05, 0) is 43.5 Å². The zero-order chi connectivity index (χ0) is 13.0. The lowest BCUT2D eigenvalue weighted by Crippen LogP contribution is -2.57. The van der Waals surface area contributed by atoms with Gasteiger partial charge in [0.1, 0.15) is 0 Å². The molecule has 1 heterocycles. The second kappa shape index (κ2) is 5.91. The molecule has 0 radical (unpaired) electrons. The Bertz CT molecular complexity index is 399. The maximum absolute atomic E-state index is 9.85. The first-order valence-electron chi connectivity index (χ1n) is 6.55. The molecule has 1 fully saturated rings. The molecule has 1 aromatic rings. The molecule has 0 saturated carbocycles. The first-order chi connectivity index (χ1) is 8.70. The Kier molecular flexibility index (Phi) is 4.49. The quantitative estimate of drug-likeness (QED) is 0.786. The van der Waals surface area contributed by atoms with Gasteiger partial charge in [0.15, 0.2) is 0 Å². The molecule has 3 N–H and O–H groups in total. The van der Waals surface area contributed by atoms with E-state index in [1.807, 2.05) is 24.3 Å². The van der Waals surface area contributed by atoms with Gasteiger partial charge in [-0.25, -0.2) is 0 Å². The van der Waals surface area contributed by atoms with Gasteiger partial charge >= 0.3 is 0 Å². The summed E-state index contributed by atoms with van der Waals surface area (Å²) in [6.07, 6.45) is 1.97. The minimum absolute atomic E-state index is 0.152. The molecular formula is C14H21ClN2O. The number of hydrogen-bond donors (Lipinski definition) is 3. The molecule has 0 spiro atoms. The molecule has 1 aliphatic rings. The largest absolute Gasteiger partial charge is 0.394 e. The SMILES string of the molecule is CCC1CNCCC1(CO)Nc1cccc(Cl)c1. The fourth-order valence-electron chi connectivity index (χ4n) is 2.79. The zero-order valence-corrected chi connectivity index (χ0v) is 11.5. The summed E-state index contributed by atoms with van der Waals surface area (Å²) in [7, 11) is 0. The van der Waals surface area contributed by atoms with Crippen molar-refractivity contribution in [3.8, 4) is 0 Å². The van der Waals surface area contributed by atoms with Gasteiger partial charge < -0.3 is 15.7 Å². The van der Waals surface area contributed by atoms with Crippen molar-refractivity contribution in [3.05, 3.63) is 29.3 Å². The summed E-state index contributed by atoms with van der Waals surface area (Å²) in [5, 5.41) is 17.5. The number of anilines is 1. The van der Waals surface area contributed by atoms with Gasteiger partial charge in [0.2, 0.25) is 0 Å². The molecule has 1 aliphatic heterocycles. The van der Waals surface area contributed by atoms with Crippen molar-refractivity contribution < 1.29 is 5.11 Å². The van der Waals surface area contributed by atoms with Crippen LogP contribution in [-0.4, -0.2) is 30.3 Å². The molecule has 100 valence electrons. The van der Waals surface area contributed by atoms with Crippen LogP contribution in [0.15, 0.2) is 24.3 Å². The van der Waals surface area contributed by atoms with Crippen LogP contribution in [0.25, 0.3) is 0 Å². The van der Waals surface area contributed by atoms with E-state index in [0.29, 0.717) is 5.92 Å².